The Morgan fingerprint density at radius 2 is 2.18 bits per heavy atom. The summed E-state index contributed by atoms with van der Waals surface area (Å²) in [6.07, 6.45) is 4.98. The van der Waals surface area contributed by atoms with Gasteiger partial charge in [-0.1, -0.05) is 21.9 Å². The SMILES string of the molecule is C#CCNC(=O)Nc1ccc(Br)cc1C(=O)O. The van der Waals surface area contributed by atoms with Gasteiger partial charge in [0.15, 0.2) is 0 Å². The van der Waals surface area contributed by atoms with Gasteiger partial charge < -0.3 is 15.7 Å². The minimum atomic E-state index is -1.13. The average molecular weight is 297 g/mol. The lowest BCUT2D eigenvalue weighted by Crippen LogP contribution is -2.29. The van der Waals surface area contributed by atoms with Crippen LogP contribution in [0.15, 0.2) is 22.7 Å². The summed E-state index contributed by atoms with van der Waals surface area (Å²) in [4.78, 5) is 22.3. The number of carboxylic acids is 1. The molecule has 6 heteroatoms. The van der Waals surface area contributed by atoms with Crippen LogP contribution in [-0.4, -0.2) is 23.7 Å². The number of hydrogen-bond donors (Lipinski definition) is 3. The zero-order chi connectivity index (χ0) is 12.8. The van der Waals surface area contributed by atoms with Crippen LogP contribution in [0, 0.1) is 12.3 Å². The molecule has 1 rings (SSSR count). The van der Waals surface area contributed by atoms with Gasteiger partial charge in [0.1, 0.15) is 0 Å². The molecule has 0 aliphatic carbocycles. The van der Waals surface area contributed by atoms with E-state index in [2.05, 4.69) is 32.5 Å². The number of rotatable bonds is 3. The van der Waals surface area contributed by atoms with Gasteiger partial charge >= 0.3 is 12.0 Å². The summed E-state index contributed by atoms with van der Waals surface area (Å²) in [6, 6.07) is 3.97. The highest BCUT2D eigenvalue weighted by molar-refractivity contribution is 9.10. The topological polar surface area (TPSA) is 78.4 Å². The first-order valence-corrected chi connectivity index (χ1v) is 5.35. The van der Waals surface area contributed by atoms with Crippen LogP contribution in [-0.2, 0) is 0 Å². The van der Waals surface area contributed by atoms with Gasteiger partial charge in [-0.3, -0.25) is 0 Å². The van der Waals surface area contributed by atoms with E-state index in [9.17, 15) is 9.59 Å². The Morgan fingerprint density at radius 3 is 2.76 bits per heavy atom. The molecular weight excluding hydrogens is 288 g/mol. The molecule has 2 amide bonds. The van der Waals surface area contributed by atoms with Crippen LogP contribution in [0.4, 0.5) is 10.5 Å². The van der Waals surface area contributed by atoms with Crippen molar-refractivity contribution in [1.82, 2.24) is 5.32 Å². The molecule has 3 N–H and O–H groups in total. The fourth-order valence-electron chi connectivity index (χ4n) is 1.10. The van der Waals surface area contributed by atoms with Gasteiger partial charge in [-0.05, 0) is 18.2 Å². The maximum atomic E-state index is 11.3. The van der Waals surface area contributed by atoms with Crippen LogP contribution >= 0.6 is 15.9 Å². The Morgan fingerprint density at radius 1 is 1.47 bits per heavy atom. The number of halogens is 1. The second-order valence-electron chi connectivity index (χ2n) is 3.01. The van der Waals surface area contributed by atoms with Crippen molar-refractivity contribution in [3.8, 4) is 12.3 Å². The van der Waals surface area contributed by atoms with Crippen LogP contribution < -0.4 is 10.6 Å². The first kappa shape index (κ1) is 13.1. The lowest BCUT2D eigenvalue weighted by molar-refractivity contribution is 0.0698. The van der Waals surface area contributed by atoms with Crippen molar-refractivity contribution in [2.75, 3.05) is 11.9 Å². The third kappa shape index (κ3) is 3.81. The van der Waals surface area contributed by atoms with E-state index in [1.807, 2.05) is 0 Å². The zero-order valence-electron chi connectivity index (χ0n) is 8.66. The number of anilines is 1. The van der Waals surface area contributed by atoms with Crippen molar-refractivity contribution in [2.24, 2.45) is 0 Å². The molecule has 0 aliphatic heterocycles. The number of terminal acetylenes is 1. The number of amides is 2. The number of benzene rings is 1. The van der Waals surface area contributed by atoms with Crippen molar-refractivity contribution in [3.63, 3.8) is 0 Å². The van der Waals surface area contributed by atoms with E-state index >= 15 is 0 Å². The monoisotopic (exact) mass is 296 g/mol. The van der Waals surface area contributed by atoms with Crippen molar-refractivity contribution < 1.29 is 14.7 Å². The van der Waals surface area contributed by atoms with Gasteiger partial charge in [0.05, 0.1) is 17.8 Å². The summed E-state index contributed by atoms with van der Waals surface area (Å²) in [5.74, 6) is 1.11. The zero-order valence-corrected chi connectivity index (χ0v) is 10.2. The predicted molar refractivity (Wildman–Crippen MR) is 67.0 cm³/mol. The third-order valence-corrected chi connectivity index (χ3v) is 2.30. The Labute approximate surface area is 106 Å². The maximum Gasteiger partial charge on any atom is 0.337 e. The quantitative estimate of drug-likeness (QED) is 0.746. The molecule has 0 aliphatic rings. The number of aromatic carboxylic acids is 1. The van der Waals surface area contributed by atoms with Gasteiger partial charge in [0.25, 0.3) is 0 Å². The molecule has 0 fully saturated rings. The highest BCUT2D eigenvalue weighted by Crippen LogP contribution is 2.20. The van der Waals surface area contributed by atoms with E-state index in [1.165, 1.54) is 12.1 Å². The molecule has 0 heterocycles. The molecule has 0 unspecified atom stereocenters. The minimum absolute atomic E-state index is 0.00441. The van der Waals surface area contributed by atoms with Crippen LogP contribution in [0.2, 0.25) is 0 Å². The summed E-state index contributed by atoms with van der Waals surface area (Å²) < 4.78 is 0.615. The summed E-state index contributed by atoms with van der Waals surface area (Å²) in [6.45, 7) is 0.0742. The highest BCUT2D eigenvalue weighted by Gasteiger charge is 2.12. The normalized spacial score (nSPS) is 9.18. The van der Waals surface area contributed by atoms with Gasteiger partial charge in [0.2, 0.25) is 0 Å². The van der Waals surface area contributed by atoms with Gasteiger partial charge in [-0.25, -0.2) is 9.59 Å². The van der Waals surface area contributed by atoms with E-state index in [-0.39, 0.29) is 17.8 Å². The number of urea groups is 1. The lowest BCUT2D eigenvalue weighted by Gasteiger charge is -2.08. The third-order valence-electron chi connectivity index (χ3n) is 1.81. The van der Waals surface area contributed by atoms with Gasteiger partial charge in [-0.15, -0.1) is 6.42 Å². The summed E-state index contributed by atoms with van der Waals surface area (Å²) >= 11 is 3.15. The van der Waals surface area contributed by atoms with Crippen LogP contribution in [0.5, 0.6) is 0 Å². The number of carboxylic acid groups (broad SMARTS) is 1. The lowest BCUT2D eigenvalue weighted by atomic mass is 10.2. The maximum absolute atomic E-state index is 11.3. The van der Waals surface area contributed by atoms with Crippen molar-refractivity contribution in [2.45, 2.75) is 0 Å². The van der Waals surface area contributed by atoms with Crippen LogP contribution in [0.3, 0.4) is 0 Å². The van der Waals surface area contributed by atoms with Crippen molar-refractivity contribution >= 4 is 33.6 Å². The number of nitrogens with one attached hydrogen (secondary N) is 2. The average Bonchev–Trinajstić information content (AvgIpc) is 2.28. The molecule has 1 aromatic carbocycles. The molecule has 0 bridgehead atoms. The van der Waals surface area contributed by atoms with Crippen molar-refractivity contribution in [3.05, 3.63) is 28.2 Å². The van der Waals surface area contributed by atoms with E-state index in [0.29, 0.717) is 4.47 Å². The van der Waals surface area contributed by atoms with E-state index < -0.39 is 12.0 Å². The Kier molecular flexibility index (Phi) is 4.55. The molecule has 1 aromatic rings. The van der Waals surface area contributed by atoms with Crippen LogP contribution in [0.25, 0.3) is 0 Å². The van der Waals surface area contributed by atoms with E-state index in [4.69, 9.17) is 11.5 Å². The second-order valence-corrected chi connectivity index (χ2v) is 3.92. The summed E-state index contributed by atoms with van der Waals surface area (Å²) in [7, 11) is 0. The first-order chi connectivity index (χ1) is 8.04. The van der Waals surface area contributed by atoms with E-state index in [0.717, 1.165) is 0 Å². The summed E-state index contributed by atoms with van der Waals surface area (Å²) in [5, 5.41) is 13.7. The predicted octanol–water partition coefficient (Wildman–Crippen LogP) is 1.90. The molecular formula is C11H9BrN2O3. The largest absolute Gasteiger partial charge is 0.478 e. The number of carbonyl (C=O) groups is 2. The molecule has 0 aromatic heterocycles. The Balaban J connectivity index is 2.87. The van der Waals surface area contributed by atoms with E-state index in [1.54, 1.807) is 6.07 Å². The number of carbonyl (C=O) groups excluding carboxylic acids is 1. The second kappa shape index (κ2) is 5.92. The highest BCUT2D eigenvalue weighted by atomic mass is 79.9. The molecule has 0 radical (unpaired) electrons. The smallest absolute Gasteiger partial charge is 0.337 e. The number of hydrogen-bond acceptors (Lipinski definition) is 2. The van der Waals surface area contributed by atoms with Crippen molar-refractivity contribution in [1.29, 1.82) is 0 Å². The molecule has 5 nitrogen and oxygen atoms in total. The first-order valence-electron chi connectivity index (χ1n) is 4.55. The fourth-order valence-corrected chi connectivity index (χ4v) is 1.46. The van der Waals surface area contributed by atoms with Gasteiger partial charge in [-0.2, -0.15) is 0 Å². The summed E-state index contributed by atoms with van der Waals surface area (Å²) in [5.41, 5.74) is 0.199. The fraction of sp³-hybridized carbons (Fsp3) is 0.0909. The standard InChI is InChI=1S/C11H9BrN2O3/c1-2-5-13-11(17)14-9-4-3-7(12)6-8(9)10(15)16/h1,3-4,6H,5H2,(H,15,16)(H2,13,14,17). The molecule has 0 atom stereocenters. The molecule has 17 heavy (non-hydrogen) atoms. The minimum Gasteiger partial charge on any atom is -0.478 e. The Hall–Kier alpha value is -2.00. The van der Waals surface area contributed by atoms with Crippen LogP contribution in [0.1, 0.15) is 10.4 Å². The molecule has 0 spiro atoms. The molecule has 0 saturated heterocycles. The van der Waals surface area contributed by atoms with Gasteiger partial charge in [0, 0.05) is 4.47 Å². The molecule has 88 valence electrons. The molecule has 0 saturated carbocycles. The Bertz CT molecular complexity index is 494.